The normalized spacial score (nSPS) is 14.9. The van der Waals surface area contributed by atoms with Gasteiger partial charge in [-0.15, -0.1) is 0 Å². The SMILES string of the molecule is COc1ccc(-c2ccc(Cl)cc2)c(COc2ccc(-c3cc4cc(C(=O)O)ccc4n3C3CCCCC3)cc2)c1.O=C(O)c1ccc2c(c1)nc(-c1ccc(C(=O)Nc3ccc(N4CCCCC4)cc3)cc1)n2C1CCCC1. The fourth-order valence-electron chi connectivity index (χ4n) is 11.8. The van der Waals surface area contributed by atoms with E-state index in [2.05, 4.69) is 49.7 Å². The van der Waals surface area contributed by atoms with E-state index in [-0.39, 0.29) is 11.5 Å². The van der Waals surface area contributed by atoms with Crippen LogP contribution in [0, 0.1) is 0 Å². The number of ether oxygens (including phenoxy) is 2. The van der Waals surface area contributed by atoms with Gasteiger partial charge in [-0.05, 0) is 189 Å². The highest BCUT2D eigenvalue weighted by molar-refractivity contribution is 6.30. The predicted molar refractivity (Wildman–Crippen MR) is 314 cm³/mol. The molecule has 79 heavy (non-hydrogen) atoms. The summed E-state index contributed by atoms with van der Waals surface area (Å²) in [6.07, 6.45) is 14.2. The molecule has 7 aromatic carbocycles. The first-order valence-electron chi connectivity index (χ1n) is 27.6. The van der Waals surface area contributed by atoms with Crippen LogP contribution in [0.25, 0.3) is 55.7 Å². The number of carbonyl (C=O) groups is 3. The number of anilines is 2. The van der Waals surface area contributed by atoms with Crippen molar-refractivity contribution < 1.29 is 34.1 Å². The minimum atomic E-state index is -0.958. The first kappa shape index (κ1) is 52.7. The van der Waals surface area contributed by atoms with Crippen molar-refractivity contribution in [2.24, 2.45) is 0 Å². The number of carbonyl (C=O) groups excluding carboxylic acids is 1. The second-order valence-corrected chi connectivity index (χ2v) is 21.4. The number of carboxylic acids is 2. The zero-order valence-electron chi connectivity index (χ0n) is 44.4. The van der Waals surface area contributed by atoms with Gasteiger partial charge in [0.15, 0.2) is 0 Å². The summed E-state index contributed by atoms with van der Waals surface area (Å²) in [7, 11) is 1.66. The number of hydrogen-bond acceptors (Lipinski definition) is 7. The van der Waals surface area contributed by atoms with Crippen molar-refractivity contribution in [3.05, 3.63) is 185 Å². The quantitative estimate of drug-likeness (QED) is 0.0968. The number of hydrogen-bond donors (Lipinski definition) is 3. The Morgan fingerprint density at radius 1 is 0.582 bits per heavy atom. The average Bonchev–Trinajstić information content (AvgIpc) is 4.47. The Bertz CT molecular complexity index is 3630. The van der Waals surface area contributed by atoms with Crippen LogP contribution in [0.15, 0.2) is 158 Å². The number of aromatic nitrogens is 3. The molecule has 3 N–H and O–H groups in total. The highest BCUT2D eigenvalue weighted by atomic mass is 35.5. The smallest absolute Gasteiger partial charge is 0.335 e. The lowest BCUT2D eigenvalue weighted by molar-refractivity contribution is 0.0686. The van der Waals surface area contributed by atoms with E-state index in [0.29, 0.717) is 40.4 Å². The molecule has 0 atom stereocenters. The summed E-state index contributed by atoms with van der Waals surface area (Å²) in [5.41, 5.74) is 12.1. The number of nitrogens with one attached hydrogen (secondary N) is 1. The van der Waals surface area contributed by atoms with Crippen LogP contribution >= 0.6 is 11.6 Å². The van der Waals surface area contributed by atoms with Crippen molar-refractivity contribution in [2.45, 2.75) is 95.7 Å². The van der Waals surface area contributed by atoms with Crippen LogP contribution in [0.4, 0.5) is 11.4 Å². The number of nitrogens with zero attached hydrogens (tertiary/aromatic N) is 4. The largest absolute Gasteiger partial charge is 0.497 e. The first-order valence-corrected chi connectivity index (χ1v) is 28.0. The molecule has 0 bridgehead atoms. The fourth-order valence-corrected chi connectivity index (χ4v) is 11.9. The van der Waals surface area contributed by atoms with Gasteiger partial charge in [0.1, 0.15) is 23.9 Å². The van der Waals surface area contributed by atoms with E-state index < -0.39 is 11.9 Å². The maximum atomic E-state index is 13.0. The Morgan fingerprint density at radius 2 is 1.16 bits per heavy atom. The molecule has 3 heterocycles. The Balaban J connectivity index is 0.000000168. The Kier molecular flexibility index (Phi) is 15.8. The summed E-state index contributed by atoms with van der Waals surface area (Å²) in [5, 5.41) is 23.6. The molecule has 2 aromatic heterocycles. The molecule has 13 heteroatoms. The monoisotopic (exact) mass is 1070 g/mol. The Morgan fingerprint density at radius 3 is 1.84 bits per heavy atom. The molecule has 3 aliphatic rings. The van der Waals surface area contributed by atoms with Gasteiger partial charge >= 0.3 is 11.9 Å². The molecule has 2 aliphatic carbocycles. The van der Waals surface area contributed by atoms with Crippen LogP contribution in [0.1, 0.15) is 126 Å². The molecule has 402 valence electrons. The maximum absolute atomic E-state index is 13.0. The van der Waals surface area contributed by atoms with Gasteiger partial charge in [0.05, 0.1) is 29.3 Å². The van der Waals surface area contributed by atoms with Gasteiger partial charge in [0, 0.05) is 74.9 Å². The van der Waals surface area contributed by atoms with E-state index >= 15 is 0 Å². The van der Waals surface area contributed by atoms with Crippen molar-refractivity contribution >= 4 is 62.8 Å². The van der Waals surface area contributed by atoms with Crippen LogP contribution in [0.2, 0.25) is 5.02 Å². The number of rotatable bonds is 14. The van der Waals surface area contributed by atoms with Crippen LogP contribution < -0.4 is 19.7 Å². The van der Waals surface area contributed by atoms with Crippen molar-refractivity contribution in [1.82, 2.24) is 14.1 Å². The fraction of sp³-hybridized carbons (Fsp3) is 0.273. The summed E-state index contributed by atoms with van der Waals surface area (Å²) < 4.78 is 16.4. The second-order valence-electron chi connectivity index (χ2n) is 21.0. The minimum absolute atomic E-state index is 0.155. The molecule has 0 spiro atoms. The summed E-state index contributed by atoms with van der Waals surface area (Å²) in [5.74, 6) is 0.341. The average molecular weight is 1070 g/mol. The molecule has 0 unspecified atom stereocenters. The molecule has 3 fully saturated rings. The van der Waals surface area contributed by atoms with Crippen LogP contribution in [0.5, 0.6) is 11.5 Å². The number of fused-ring (bicyclic) bond motifs is 2. The number of halogens is 1. The van der Waals surface area contributed by atoms with Gasteiger partial charge in [-0.3, -0.25) is 4.79 Å². The lowest BCUT2D eigenvalue weighted by atomic mass is 9.94. The van der Waals surface area contributed by atoms with Gasteiger partial charge in [-0.2, -0.15) is 0 Å². The third kappa shape index (κ3) is 11.8. The van der Waals surface area contributed by atoms with Crippen LogP contribution in [-0.4, -0.2) is 62.4 Å². The zero-order chi connectivity index (χ0) is 54.4. The lowest BCUT2D eigenvalue weighted by Crippen LogP contribution is -2.29. The lowest BCUT2D eigenvalue weighted by Gasteiger charge is -2.28. The van der Waals surface area contributed by atoms with Crippen molar-refractivity contribution in [3.63, 3.8) is 0 Å². The summed E-state index contributed by atoms with van der Waals surface area (Å²) in [4.78, 5) is 43.4. The van der Waals surface area contributed by atoms with Gasteiger partial charge in [0.25, 0.3) is 5.91 Å². The number of carboxylic acid groups (broad SMARTS) is 2. The third-order valence-electron chi connectivity index (χ3n) is 15.9. The Labute approximate surface area is 465 Å². The predicted octanol–water partition coefficient (Wildman–Crippen LogP) is 16.2. The number of benzene rings is 7. The minimum Gasteiger partial charge on any atom is -0.497 e. The van der Waals surface area contributed by atoms with Crippen molar-refractivity contribution in [3.8, 4) is 45.3 Å². The highest BCUT2D eigenvalue weighted by Crippen LogP contribution is 2.40. The molecule has 1 saturated heterocycles. The molecule has 12 nitrogen and oxygen atoms in total. The topological polar surface area (TPSA) is 148 Å². The second kappa shape index (κ2) is 23.7. The molecule has 2 saturated carbocycles. The molecule has 1 aliphatic heterocycles. The molecule has 12 rings (SSSR count). The van der Waals surface area contributed by atoms with Gasteiger partial charge in [0.2, 0.25) is 0 Å². The van der Waals surface area contributed by atoms with E-state index in [9.17, 15) is 24.6 Å². The standard InChI is InChI=1S/C35H32ClNO4.C31H32N4O3/c1-40-31-16-17-32(23-7-12-28(36)13-8-23)27(20-31)22-41-30-14-9-24(10-15-30)34-21-26-19-25(35(38)39)11-18-33(26)37(34)29-5-3-2-4-6-29;36-30(32-24-13-15-25(16-14-24)34-18-4-1-5-19-34)22-10-8-21(9-11-22)29-33-27-20-23(31(37)38)12-17-28(27)35(29)26-6-2-3-7-26/h7-21,29H,2-6,22H2,1H3,(H,38,39);8-17,20,26H,1-7,18-19H2,(H,32,36)(H,37,38). The van der Waals surface area contributed by atoms with Crippen LogP contribution in [0.3, 0.4) is 0 Å². The van der Waals surface area contributed by atoms with E-state index in [1.807, 2.05) is 103 Å². The first-order chi connectivity index (χ1) is 38.6. The molecule has 9 aromatic rings. The number of aromatic carboxylic acids is 2. The third-order valence-corrected chi connectivity index (χ3v) is 16.2. The number of amides is 1. The van der Waals surface area contributed by atoms with Crippen molar-refractivity contribution in [2.75, 3.05) is 30.4 Å². The maximum Gasteiger partial charge on any atom is 0.335 e. The Hall–Kier alpha value is -8.35. The van der Waals surface area contributed by atoms with E-state index in [0.717, 1.165) is 112 Å². The highest BCUT2D eigenvalue weighted by Gasteiger charge is 2.26. The van der Waals surface area contributed by atoms with E-state index in [1.165, 1.54) is 57.1 Å². The van der Waals surface area contributed by atoms with E-state index in [1.54, 1.807) is 31.4 Å². The van der Waals surface area contributed by atoms with E-state index in [4.69, 9.17) is 26.1 Å². The summed E-state index contributed by atoms with van der Waals surface area (Å²) in [6.45, 7) is 2.56. The number of methoxy groups -OCH3 is 1. The van der Waals surface area contributed by atoms with Crippen molar-refractivity contribution in [1.29, 1.82) is 0 Å². The molecular formula is C66H64ClN5O7. The molecule has 0 radical (unpaired) electrons. The number of imidazole rings is 1. The summed E-state index contributed by atoms with van der Waals surface area (Å²) >= 11 is 6.11. The summed E-state index contributed by atoms with van der Waals surface area (Å²) in [6, 6.07) is 51.0. The molecule has 1 amide bonds. The van der Waals surface area contributed by atoms with Gasteiger partial charge in [-0.25, -0.2) is 14.6 Å². The van der Waals surface area contributed by atoms with Crippen LogP contribution in [-0.2, 0) is 6.61 Å². The number of piperidine rings is 1. The molecular weight excluding hydrogens is 1010 g/mol. The van der Waals surface area contributed by atoms with Gasteiger partial charge < -0.3 is 39.0 Å². The van der Waals surface area contributed by atoms with Gasteiger partial charge in [-0.1, -0.05) is 74.0 Å². The zero-order valence-corrected chi connectivity index (χ0v) is 45.1.